The zero-order chi connectivity index (χ0) is 24.5. The standard InChI is InChI=1S/C26H27BrN2O4S/c1-18-9-14-22-23(16-26(2,3)33-24(22)15-18)28-25(30)17-29(20-12-10-19(27)11-13-20)34(31,32)21-7-5-4-6-8-21/h4-15,23H,16-17H2,1-3H3,(H,28,30). The predicted molar refractivity (Wildman–Crippen MR) is 137 cm³/mol. The lowest BCUT2D eigenvalue weighted by Gasteiger charge is -2.38. The summed E-state index contributed by atoms with van der Waals surface area (Å²) in [6.07, 6.45) is 0.568. The minimum Gasteiger partial charge on any atom is -0.487 e. The largest absolute Gasteiger partial charge is 0.487 e. The number of hydrogen-bond donors (Lipinski definition) is 1. The minimum absolute atomic E-state index is 0.124. The maximum absolute atomic E-state index is 13.5. The molecule has 0 saturated heterocycles. The molecule has 1 heterocycles. The highest BCUT2D eigenvalue weighted by molar-refractivity contribution is 9.10. The molecule has 1 amide bonds. The second-order valence-electron chi connectivity index (χ2n) is 9.03. The topological polar surface area (TPSA) is 75.7 Å². The van der Waals surface area contributed by atoms with Crippen molar-refractivity contribution in [2.45, 2.75) is 43.7 Å². The van der Waals surface area contributed by atoms with Gasteiger partial charge in [-0.15, -0.1) is 0 Å². The molecule has 1 unspecified atom stereocenters. The molecular formula is C26H27BrN2O4S. The third kappa shape index (κ3) is 5.28. The van der Waals surface area contributed by atoms with Crippen LogP contribution < -0.4 is 14.4 Å². The molecule has 178 valence electrons. The van der Waals surface area contributed by atoms with Crippen molar-refractivity contribution < 1.29 is 17.9 Å². The summed E-state index contributed by atoms with van der Waals surface area (Å²) in [5.41, 5.74) is 1.89. The van der Waals surface area contributed by atoms with Crippen LogP contribution in [0.25, 0.3) is 0 Å². The first-order chi connectivity index (χ1) is 16.0. The quantitative estimate of drug-likeness (QED) is 0.454. The lowest BCUT2D eigenvalue weighted by molar-refractivity contribution is -0.120. The fraction of sp³-hybridized carbons (Fsp3) is 0.269. The van der Waals surface area contributed by atoms with Crippen LogP contribution in [0, 0.1) is 6.92 Å². The number of carbonyl (C=O) groups is 1. The number of rotatable bonds is 6. The Morgan fingerprint density at radius 3 is 2.44 bits per heavy atom. The van der Waals surface area contributed by atoms with Crippen LogP contribution in [0.15, 0.2) is 82.2 Å². The number of nitrogens with one attached hydrogen (secondary N) is 1. The average Bonchev–Trinajstić information content (AvgIpc) is 2.77. The molecule has 3 aromatic rings. The summed E-state index contributed by atoms with van der Waals surface area (Å²) in [6, 6.07) is 20.6. The van der Waals surface area contributed by atoms with E-state index >= 15 is 0 Å². The van der Waals surface area contributed by atoms with Crippen LogP contribution in [-0.2, 0) is 14.8 Å². The first kappa shape index (κ1) is 24.3. The molecule has 0 fully saturated rings. The number of anilines is 1. The fourth-order valence-corrected chi connectivity index (χ4v) is 5.81. The number of ether oxygens (including phenoxy) is 1. The number of aryl methyl sites for hydroxylation is 1. The lowest BCUT2D eigenvalue weighted by Crippen LogP contribution is -2.45. The van der Waals surface area contributed by atoms with Crippen LogP contribution in [0.1, 0.15) is 37.4 Å². The van der Waals surface area contributed by atoms with E-state index in [4.69, 9.17) is 4.74 Å². The summed E-state index contributed by atoms with van der Waals surface area (Å²) >= 11 is 3.38. The Hall–Kier alpha value is -2.84. The van der Waals surface area contributed by atoms with Gasteiger partial charge in [0.1, 0.15) is 17.9 Å². The van der Waals surface area contributed by atoms with E-state index in [-0.39, 0.29) is 17.5 Å². The van der Waals surface area contributed by atoms with Gasteiger partial charge < -0.3 is 10.1 Å². The SMILES string of the molecule is Cc1ccc2c(c1)OC(C)(C)CC2NC(=O)CN(c1ccc(Br)cc1)S(=O)(=O)c1ccccc1. The number of benzene rings is 3. The number of carbonyl (C=O) groups excluding carboxylic acids is 1. The number of sulfonamides is 1. The summed E-state index contributed by atoms with van der Waals surface area (Å²) in [7, 11) is -3.96. The van der Waals surface area contributed by atoms with Gasteiger partial charge in [0.25, 0.3) is 10.0 Å². The van der Waals surface area contributed by atoms with E-state index in [9.17, 15) is 13.2 Å². The maximum atomic E-state index is 13.5. The van der Waals surface area contributed by atoms with Crippen molar-refractivity contribution in [3.63, 3.8) is 0 Å². The molecule has 0 saturated carbocycles. The molecule has 0 radical (unpaired) electrons. The van der Waals surface area contributed by atoms with E-state index in [1.165, 1.54) is 12.1 Å². The van der Waals surface area contributed by atoms with Gasteiger partial charge in [-0.05, 0) is 68.8 Å². The van der Waals surface area contributed by atoms with Crippen LogP contribution in [-0.4, -0.2) is 26.5 Å². The van der Waals surface area contributed by atoms with Crippen LogP contribution in [0.4, 0.5) is 5.69 Å². The number of amides is 1. The van der Waals surface area contributed by atoms with Gasteiger partial charge in [-0.2, -0.15) is 0 Å². The molecule has 4 rings (SSSR count). The van der Waals surface area contributed by atoms with E-state index in [1.54, 1.807) is 42.5 Å². The van der Waals surface area contributed by atoms with E-state index in [0.717, 1.165) is 25.7 Å². The number of fused-ring (bicyclic) bond motifs is 1. The first-order valence-electron chi connectivity index (χ1n) is 11.0. The Morgan fingerprint density at radius 2 is 1.76 bits per heavy atom. The van der Waals surface area contributed by atoms with Crippen molar-refractivity contribution in [1.82, 2.24) is 5.32 Å². The Morgan fingerprint density at radius 1 is 1.09 bits per heavy atom. The van der Waals surface area contributed by atoms with E-state index < -0.39 is 21.5 Å². The molecule has 0 aromatic heterocycles. The van der Waals surface area contributed by atoms with Gasteiger partial charge in [-0.3, -0.25) is 9.10 Å². The molecule has 6 nitrogen and oxygen atoms in total. The second-order valence-corrected chi connectivity index (χ2v) is 11.8. The highest BCUT2D eigenvalue weighted by atomic mass is 79.9. The Balaban J connectivity index is 1.64. The van der Waals surface area contributed by atoms with Gasteiger partial charge in [0.2, 0.25) is 5.91 Å². The van der Waals surface area contributed by atoms with E-state index in [2.05, 4.69) is 21.2 Å². The highest BCUT2D eigenvalue weighted by Gasteiger charge is 2.35. The second kappa shape index (κ2) is 9.43. The van der Waals surface area contributed by atoms with Gasteiger partial charge in [0, 0.05) is 16.5 Å². The molecule has 1 atom stereocenters. The van der Waals surface area contributed by atoms with Gasteiger partial charge >= 0.3 is 0 Å². The monoisotopic (exact) mass is 542 g/mol. The van der Waals surface area contributed by atoms with Crippen LogP contribution in [0.2, 0.25) is 0 Å². The van der Waals surface area contributed by atoms with Crippen LogP contribution >= 0.6 is 15.9 Å². The van der Waals surface area contributed by atoms with Crippen molar-refractivity contribution in [2.75, 3.05) is 10.8 Å². The maximum Gasteiger partial charge on any atom is 0.264 e. The third-order valence-electron chi connectivity index (χ3n) is 5.69. The van der Waals surface area contributed by atoms with Crippen molar-refractivity contribution in [3.05, 3.63) is 88.4 Å². The van der Waals surface area contributed by atoms with Crippen LogP contribution in [0.3, 0.4) is 0 Å². The van der Waals surface area contributed by atoms with Gasteiger partial charge in [-0.25, -0.2) is 8.42 Å². The minimum atomic E-state index is -3.96. The molecule has 0 spiro atoms. The molecule has 0 bridgehead atoms. The zero-order valence-electron chi connectivity index (χ0n) is 19.3. The molecule has 1 N–H and O–H groups in total. The summed E-state index contributed by atoms with van der Waals surface area (Å²) in [6.45, 7) is 5.60. The lowest BCUT2D eigenvalue weighted by atomic mass is 9.89. The summed E-state index contributed by atoms with van der Waals surface area (Å²) in [4.78, 5) is 13.4. The zero-order valence-corrected chi connectivity index (χ0v) is 21.7. The fourth-order valence-electron chi connectivity index (χ4n) is 4.10. The van der Waals surface area contributed by atoms with Crippen molar-refractivity contribution in [2.24, 2.45) is 0 Å². The molecule has 8 heteroatoms. The normalized spacial score (nSPS) is 16.8. The summed E-state index contributed by atoms with van der Waals surface area (Å²) < 4.78 is 35.1. The van der Waals surface area contributed by atoms with Crippen molar-refractivity contribution in [3.8, 4) is 5.75 Å². The molecule has 3 aromatic carbocycles. The number of hydrogen-bond acceptors (Lipinski definition) is 4. The van der Waals surface area contributed by atoms with Gasteiger partial charge in [0.05, 0.1) is 16.6 Å². The first-order valence-corrected chi connectivity index (χ1v) is 13.2. The van der Waals surface area contributed by atoms with Crippen molar-refractivity contribution >= 4 is 37.5 Å². The third-order valence-corrected chi connectivity index (χ3v) is 8.01. The van der Waals surface area contributed by atoms with Crippen LogP contribution in [0.5, 0.6) is 5.75 Å². The summed E-state index contributed by atoms with van der Waals surface area (Å²) in [5.74, 6) is 0.347. The smallest absolute Gasteiger partial charge is 0.264 e. The van der Waals surface area contributed by atoms with Crippen molar-refractivity contribution in [1.29, 1.82) is 0 Å². The van der Waals surface area contributed by atoms with Gasteiger partial charge in [0.15, 0.2) is 0 Å². The number of halogens is 1. The Labute approximate surface area is 209 Å². The molecule has 1 aliphatic rings. The Kier molecular flexibility index (Phi) is 6.73. The molecule has 0 aliphatic carbocycles. The average molecular weight is 543 g/mol. The Bertz CT molecular complexity index is 1290. The predicted octanol–water partition coefficient (Wildman–Crippen LogP) is 5.37. The number of nitrogens with zero attached hydrogens (tertiary/aromatic N) is 1. The summed E-state index contributed by atoms with van der Waals surface area (Å²) in [5, 5.41) is 3.05. The van der Waals surface area contributed by atoms with E-state index in [0.29, 0.717) is 12.1 Å². The molecule has 1 aliphatic heterocycles. The molecular weight excluding hydrogens is 516 g/mol. The van der Waals surface area contributed by atoms with Gasteiger partial charge in [-0.1, -0.05) is 46.3 Å². The van der Waals surface area contributed by atoms with E-state index in [1.807, 2.05) is 39.0 Å². The molecule has 34 heavy (non-hydrogen) atoms. The highest BCUT2D eigenvalue weighted by Crippen LogP contribution is 2.40.